The molecule has 0 amide bonds. The number of anilines is 3. The smallest absolute Gasteiger partial charge is 0.229 e. The van der Waals surface area contributed by atoms with Gasteiger partial charge in [0, 0.05) is 78.4 Å². The Morgan fingerprint density at radius 1 is 1.06 bits per heavy atom. The number of fused-ring (bicyclic) bond motifs is 1. The molecule has 2 N–H and O–H groups in total. The second-order valence-electron chi connectivity index (χ2n) is 9.05. The molecule has 0 bridgehead atoms. The summed E-state index contributed by atoms with van der Waals surface area (Å²) in [5.41, 5.74) is 7.04. The van der Waals surface area contributed by atoms with Crippen LogP contribution in [0.4, 0.5) is 23.1 Å². The fourth-order valence-electron chi connectivity index (χ4n) is 4.22. The molecule has 8 nitrogen and oxygen atoms in total. The molecule has 0 spiro atoms. The zero-order valence-corrected chi connectivity index (χ0v) is 20.1. The maximum absolute atomic E-state index is 4.71. The van der Waals surface area contributed by atoms with Crippen molar-refractivity contribution in [1.82, 2.24) is 24.8 Å². The number of piperazine rings is 1. The van der Waals surface area contributed by atoms with Gasteiger partial charge in [0.25, 0.3) is 0 Å². The van der Waals surface area contributed by atoms with Crippen LogP contribution in [-0.4, -0.2) is 63.8 Å². The standard InChI is InChI=1S/C26H30N8/c1-17(2)30-24-18(3)12-19(14-27-24)22-15-28-25-23(22)16-29-26(32-25)31-20-6-5-7-21(13-20)34-10-8-33(4)9-11-34/h5-7,12-16H,8-11H2,1-4H3,(H2,28,29,31,32). The first-order valence-corrected chi connectivity index (χ1v) is 11.6. The van der Waals surface area contributed by atoms with E-state index in [4.69, 9.17) is 4.98 Å². The molecule has 34 heavy (non-hydrogen) atoms. The summed E-state index contributed by atoms with van der Waals surface area (Å²) >= 11 is 0. The maximum atomic E-state index is 4.71. The highest BCUT2D eigenvalue weighted by atomic mass is 15.2. The summed E-state index contributed by atoms with van der Waals surface area (Å²) < 4.78 is 0. The van der Waals surface area contributed by atoms with Crippen molar-refractivity contribution in [2.75, 3.05) is 43.4 Å². The number of nitrogens with one attached hydrogen (secondary N) is 2. The first-order valence-electron chi connectivity index (χ1n) is 11.6. The Balaban J connectivity index is 1.37. The molecular formula is C26H30N8. The van der Waals surface area contributed by atoms with Gasteiger partial charge in [-0.1, -0.05) is 6.07 Å². The summed E-state index contributed by atoms with van der Waals surface area (Å²) in [7, 11) is 2.17. The molecule has 0 atom stereocenters. The summed E-state index contributed by atoms with van der Waals surface area (Å²) in [6.07, 6.45) is 5.67. The summed E-state index contributed by atoms with van der Waals surface area (Å²) in [4.78, 5) is 26.4. The van der Waals surface area contributed by atoms with E-state index in [0.717, 1.165) is 71.1 Å². The number of hydrogen-bond donors (Lipinski definition) is 2. The van der Waals surface area contributed by atoms with E-state index in [-0.39, 0.29) is 0 Å². The summed E-state index contributed by atoms with van der Waals surface area (Å²) in [6.45, 7) is 10.2. The highest BCUT2D eigenvalue weighted by molar-refractivity contribution is 5.93. The fourth-order valence-corrected chi connectivity index (χ4v) is 4.22. The van der Waals surface area contributed by atoms with Gasteiger partial charge in [-0.05, 0) is 57.6 Å². The van der Waals surface area contributed by atoms with Crippen molar-refractivity contribution in [3.05, 3.63) is 54.5 Å². The summed E-state index contributed by atoms with van der Waals surface area (Å²) in [5.74, 6) is 1.32. The van der Waals surface area contributed by atoms with E-state index < -0.39 is 0 Å². The Labute approximate surface area is 199 Å². The van der Waals surface area contributed by atoms with Gasteiger partial charge >= 0.3 is 0 Å². The molecule has 1 fully saturated rings. The Morgan fingerprint density at radius 3 is 2.65 bits per heavy atom. The molecule has 0 radical (unpaired) electrons. The average Bonchev–Trinajstić information content (AvgIpc) is 3.24. The van der Waals surface area contributed by atoms with Crippen LogP contribution in [-0.2, 0) is 0 Å². The predicted octanol–water partition coefficient (Wildman–Crippen LogP) is 4.94. The third-order valence-corrected chi connectivity index (χ3v) is 6.09. The van der Waals surface area contributed by atoms with Crippen LogP contribution >= 0.6 is 0 Å². The Kier molecular flexibility index (Phi) is 5.98. The molecule has 8 heteroatoms. The number of H-pyrrole nitrogens is 1. The van der Waals surface area contributed by atoms with Gasteiger partial charge in [-0.25, -0.2) is 15.0 Å². The second-order valence-corrected chi connectivity index (χ2v) is 9.05. The Bertz CT molecular complexity index is 1340. The quantitative estimate of drug-likeness (QED) is 0.416. The molecule has 3 aromatic heterocycles. The van der Waals surface area contributed by atoms with E-state index in [2.05, 4.69) is 66.4 Å². The second kappa shape index (κ2) is 9.23. The normalized spacial score (nSPS) is 14.4. The Hall–Kier alpha value is -3.78. The molecule has 0 unspecified atom stereocenters. The van der Waals surface area contributed by atoms with Gasteiger partial charge in [0.1, 0.15) is 5.65 Å². The lowest BCUT2D eigenvalue weighted by molar-refractivity contribution is 0.313. The van der Waals surface area contributed by atoms with Crippen molar-refractivity contribution in [3.8, 4) is 11.1 Å². The van der Waals surface area contributed by atoms with E-state index >= 15 is 0 Å². The minimum atomic E-state index is 0.564. The largest absolute Gasteiger partial charge is 0.369 e. The van der Waals surface area contributed by atoms with Crippen molar-refractivity contribution in [2.45, 2.75) is 20.8 Å². The molecule has 0 aliphatic carbocycles. The van der Waals surface area contributed by atoms with E-state index in [0.29, 0.717) is 5.95 Å². The zero-order chi connectivity index (χ0) is 23.7. The van der Waals surface area contributed by atoms with Crippen LogP contribution in [0.2, 0.25) is 0 Å². The number of nitrogens with zero attached hydrogens (tertiary/aromatic N) is 6. The van der Waals surface area contributed by atoms with Crippen LogP contribution in [0.15, 0.2) is 53.9 Å². The van der Waals surface area contributed by atoms with Crippen molar-refractivity contribution in [1.29, 1.82) is 0 Å². The van der Waals surface area contributed by atoms with Gasteiger partial charge in [0.15, 0.2) is 5.82 Å². The zero-order valence-electron chi connectivity index (χ0n) is 20.1. The highest BCUT2D eigenvalue weighted by Crippen LogP contribution is 2.30. The number of benzene rings is 1. The van der Waals surface area contributed by atoms with Gasteiger partial charge in [-0.3, -0.25) is 0 Å². The predicted molar refractivity (Wildman–Crippen MR) is 140 cm³/mol. The number of aromatic nitrogens is 4. The molecule has 1 aliphatic rings. The molecule has 4 aromatic rings. The molecule has 4 heterocycles. The van der Waals surface area contributed by atoms with Crippen LogP contribution in [0.25, 0.3) is 22.2 Å². The lowest BCUT2D eigenvalue weighted by Crippen LogP contribution is -2.44. The maximum Gasteiger partial charge on any atom is 0.229 e. The van der Waals surface area contributed by atoms with E-state index in [1.54, 1.807) is 0 Å². The Morgan fingerprint density at radius 2 is 1.88 bits per heavy atom. The number of pyridine rings is 1. The number of likely N-dealkylation sites (N-methyl/N-ethyl adjacent to an activating group) is 1. The molecular weight excluding hydrogens is 424 g/mol. The van der Waals surface area contributed by atoms with Gasteiger partial charge in [0.05, 0.1) is 0 Å². The molecule has 1 aliphatic heterocycles. The fraction of sp³-hybridized carbons (Fsp3) is 0.308. The first-order chi connectivity index (χ1) is 16.5. The minimum Gasteiger partial charge on any atom is -0.369 e. The van der Waals surface area contributed by atoms with Crippen LogP contribution in [0.5, 0.6) is 0 Å². The minimum absolute atomic E-state index is 0.564. The van der Waals surface area contributed by atoms with E-state index in [1.807, 2.05) is 45.4 Å². The number of aromatic amines is 1. The third-order valence-electron chi connectivity index (χ3n) is 6.09. The third kappa shape index (κ3) is 4.63. The molecule has 174 valence electrons. The van der Waals surface area contributed by atoms with E-state index in [1.165, 1.54) is 5.69 Å². The number of hydrogen-bond acceptors (Lipinski definition) is 7. The topological polar surface area (TPSA) is 85.3 Å². The van der Waals surface area contributed by atoms with Crippen molar-refractivity contribution < 1.29 is 0 Å². The average molecular weight is 455 g/mol. The van der Waals surface area contributed by atoms with E-state index in [9.17, 15) is 0 Å². The lowest BCUT2D eigenvalue weighted by atomic mass is 10.1. The number of aliphatic imine (C=N–C) groups is 1. The highest BCUT2D eigenvalue weighted by Gasteiger charge is 2.15. The summed E-state index contributed by atoms with van der Waals surface area (Å²) in [5, 5.41) is 4.32. The molecule has 1 aromatic carbocycles. The molecule has 1 saturated heterocycles. The molecule has 5 rings (SSSR count). The van der Waals surface area contributed by atoms with Gasteiger partial charge in [-0.15, -0.1) is 0 Å². The van der Waals surface area contributed by atoms with Gasteiger partial charge in [0.2, 0.25) is 5.95 Å². The van der Waals surface area contributed by atoms with Crippen molar-refractivity contribution in [2.24, 2.45) is 4.99 Å². The van der Waals surface area contributed by atoms with Crippen LogP contribution in [0, 0.1) is 6.92 Å². The first kappa shape index (κ1) is 22.0. The van der Waals surface area contributed by atoms with Crippen molar-refractivity contribution in [3.63, 3.8) is 0 Å². The van der Waals surface area contributed by atoms with Crippen LogP contribution in [0.1, 0.15) is 19.4 Å². The van der Waals surface area contributed by atoms with Crippen LogP contribution in [0.3, 0.4) is 0 Å². The van der Waals surface area contributed by atoms with Gasteiger partial charge < -0.3 is 20.1 Å². The monoisotopic (exact) mass is 454 g/mol. The van der Waals surface area contributed by atoms with Gasteiger partial charge in [-0.2, -0.15) is 4.98 Å². The number of aryl methyl sites for hydroxylation is 1. The van der Waals surface area contributed by atoms with Crippen LogP contribution < -0.4 is 10.2 Å². The SMILES string of the molecule is CC(C)=Nc1ncc(-c2c[nH]c3nc(Nc4cccc(N5CCN(C)CC5)c4)ncc23)cc1C. The lowest BCUT2D eigenvalue weighted by Gasteiger charge is -2.34. The summed E-state index contributed by atoms with van der Waals surface area (Å²) in [6, 6.07) is 10.5. The number of rotatable bonds is 5. The molecule has 0 saturated carbocycles. The van der Waals surface area contributed by atoms with Crippen molar-refractivity contribution >= 4 is 39.9 Å².